The Kier molecular flexibility index (Phi) is 7.08. The largest absolute Gasteiger partial charge is 0.383 e. The highest BCUT2D eigenvalue weighted by atomic mass is 35.5. The van der Waals surface area contributed by atoms with E-state index < -0.39 is 11.0 Å². The summed E-state index contributed by atoms with van der Waals surface area (Å²) in [4.78, 5) is 23.1. The summed E-state index contributed by atoms with van der Waals surface area (Å²) in [6.45, 7) is 2.35. The molecule has 7 nitrogen and oxygen atoms in total. The zero-order valence-corrected chi connectivity index (χ0v) is 15.2. The summed E-state index contributed by atoms with van der Waals surface area (Å²) in [6, 6.07) is 12.5. The van der Waals surface area contributed by atoms with Crippen molar-refractivity contribution in [3.8, 4) is 0 Å². The summed E-state index contributed by atoms with van der Waals surface area (Å²) >= 11 is 6.06. The average molecular weight is 378 g/mol. The standard InChI is InChI=1S/C18H20ClN3O4/c1-12(11-26-2)20-17(13-6-4-3-5-7-13)18(23)21-16-9-8-14(22(24)25)10-15(16)19/h3-10,12,17,20H,11H2,1-2H3,(H,21,23)/t12-,17+/m1/s1. The van der Waals surface area contributed by atoms with Gasteiger partial charge in [0, 0.05) is 25.3 Å². The molecule has 2 aromatic carbocycles. The van der Waals surface area contributed by atoms with Crippen LogP contribution in [-0.4, -0.2) is 30.6 Å². The molecular formula is C18H20ClN3O4. The number of rotatable bonds is 8. The Morgan fingerprint density at radius 1 is 1.27 bits per heavy atom. The quantitative estimate of drug-likeness (QED) is 0.542. The van der Waals surface area contributed by atoms with Crippen LogP contribution < -0.4 is 10.6 Å². The number of hydrogen-bond acceptors (Lipinski definition) is 5. The molecule has 0 aliphatic carbocycles. The summed E-state index contributed by atoms with van der Waals surface area (Å²) in [6.07, 6.45) is 0. The first kappa shape index (κ1) is 19.8. The lowest BCUT2D eigenvalue weighted by atomic mass is 10.0. The van der Waals surface area contributed by atoms with Crippen molar-refractivity contribution in [3.63, 3.8) is 0 Å². The van der Waals surface area contributed by atoms with E-state index in [-0.39, 0.29) is 22.7 Å². The van der Waals surface area contributed by atoms with Gasteiger partial charge < -0.3 is 10.1 Å². The number of nitro groups is 1. The second-order valence-electron chi connectivity index (χ2n) is 5.78. The third-order valence-corrected chi connectivity index (χ3v) is 4.00. The Morgan fingerprint density at radius 2 is 1.96 bits per heavy atom. The Balaban J connectivity index is 2.22. The lowest BCUT2D eigenvalue weighted by Gasteiger charge is -2.23. The second-order valence-corrected chi connectivity index (χ2v) is 6.18. The molecule has 0 saturated heterocycles. The van der Waals surface area contributed by atoms with Crippen LogP contribution in [0.5, 0.6) is 0 Å². The first-order valence-corrected chi connectivity index (χ1v) is 8.35. The molecule has 0 unspecified atom stereocenters. The maximum atomic E-state index is 12.8. The van der Waals surface area contributed by atoms with Crippen LogP contribution in [0.25, 0.3) is 0 Å². The predicted molar refractivity (Wildman–Crippen MR) is 100 cm³/mol. The predicted octanol–water partition coefficient (Wildman–Crippen LogP) is 3.55. The number of carbonyl (C=O) groups excluding carboxylic acids is 1. The normalized spacial score (nSPS) is 13.0. The molecule has 138 valence electrons. The SMILES string of the molecule is COC[C@@H](C)N[C@H](C(=O)Nc1ccc([N+](=O)[O-])cc1Cl)c1ccccc1. The summed E-state index contributed by atoms with van der Waals surface area (Å²) in [5.74, 6) is -0.324. The van der Waals surface area contributed by atoms with Crippen LogP contribution >= 0.6 is 11.6 Å². The summed E-state index contributed by atoms with van der Waals surface area (Å²) in [5, 5.41) is 16.8. The van der Waals surface area contributed by atoms with Crippen molar-refractivity contribution in [2.24, 2.45) is 0 Å². The molecule has 8 heteroatoms. The molecule has 0 aliphatic heterocycles. The van der Waals surface area contributed by atoms with E-state index in [1.54, 1.807) is 7.11 Å². The van der Waals surface area contributed by atoms with Gasteiger partial charge in [-0.25, -0.2) is 0 Å². The summed E-state index contributed by atoms with van der Waals surface area (Å²) in [5.41, 5.74) is 0.954. The Hall–Kier alpha value is -2.48. The highest BCUT2D eigenvalue weighted by Crippen LogP contribution is 2.27. The van der Waals surface area contributed by atoms with Crippen molar-refractivity contribution >= 4 is 28.9 Å². The molecule has 0 aliphatic rings. The zero-order valence-electron chi connectivity index (χ0n) is 14.4. The summed E-state index contributed by atoms with van der Waals surface area (Å²) in [7, 11) is 1.59. The number of nitro benzene ring substituents is 1. The van der Waals surface area contributed by atoms with Gasteiger partial charge in [-0.15, -0.1) is 0 Å². The van der Waals surface area contributed by atoms with Gasteiger partial charge in [-0.1, -0.05) is 41.9 Å². The van der Waals surface area contributed by atoms with Gasteiger partial charge in [0.1, 0.15) is 6.04 Å². The highest BCUT2D eigenvalue weighted by molar-refractivity contribution is 6.34. The Morgan fingerprint density at radius 3 is 2.54 bits per heavy atom. The number of benzene rings is 2. The van der Waals surface area contributed by atoms with Crippen molar-refractivity contribution in [2.75, 3.05) is 19.0 Å². The second kappa shape index (κ2) is 9.28. The van der Waals surface area contributed by atoms with E-state index in [0.717, 1.165) is 5.56 Å². The minimum Gasteiger partial charge on any atom is -0.383 e. The van der Waals surface area contributed by atoms with Crippen molar-refractivity contribution in [3.05, 3.63) is 69.2 Å². The van der Waals surface area contributed by atoms with Crippen LogP contribution in [0, 0.1) is 10.1 Å². The molecule has 0 saturated carbocycles. The van der Waals surface area contributed by atoms with E-state index in [9.17, 15) is 14.9 Å². The van der Waals surface area contributed by atoms with Crippen molar-refractivity contribution in [1.29, 1.82) is 0 Å². The molecule has 26 heavy (non-hydrogen) atoms. The van der Waals surface area contributed by atoms with E-state index in [0.29, 0.717) is 12.3 Å². The molecule has 0 fully saturated rings. The van der Waals surface area contributed by atoms with Gasteiger partial charge in [-0.3, -0.25) is 20.2 Å². The van der Waals surface area contributed by atoms with Crippen LogP contribution in [0.2, 0.25) is 5.02 Å². The fourth-order valence-corrected chi connectivity index (χ4v) is 2.70. The van der Waals surface area contributed by atoms with Crippen molar-refractivity contribution in [2.45, 2.75) is 19.0 Å². The first-order valence-electron chi connectivity index (χ1n) is 7.97. The lowest BCUT2D eigenvalue weighted by Crippen LogP contribution is -2.40. The number of nitrogens with one attached hydrogen (secondary N) is 2. The number of nitrogens with zero attached hydrogens (tertiary/aromatic N) is 1. The molecule has 2 rings (SSSR count). The number of methoxy groups -OCH3 is 1. The topological polar surface area (TPSA) is 93.5 Å². The number of carbonyl (C=O) groups is 1. The number of ether oxygens (including phenoxy) is 1. The molecule has 0 bridgehead atoms. The van der Waals surface area contributed by atoms with E-state index >= 15 is 0 Å². The number of non-ortho nitro benzene ring substituents is 1. The maximum Gasteiger partial charge on any atom is 0.271 e. The number of halogens is 1. The zero-order chi connectivity index (χ0) is 19.1. The average Bonchev–Trinajstić information content (AvgIpc) is 2.62. The minimum absolute atomic E-state index is 0.0664. The van der Waals surface area contributed by atoms with Gasteiger partial charge >= 0.3 is 0 Å². The van der Waals surface area contributed by atoms with E-state index in [4.69, 9.17) is 16.3 Å². The first-order chi connectivity index (χ1) is 12.4. The number of anilines is 1. The van der Waals surface area contributed by atoms with Crippen molar-refractivity contribution < 1.29 is 14.5 Å². The van der Waals surface area contributed by atoms with Crippen LogP contribution in [-0.2, 0) is 9.53 Å². The highest BCUT2D eigenvalue weighted by Gasteiger charge is 2.23. The minimum atomic E-state index is -0.632. The van der Waals surface area contributed by atoms with Crippen molar-refractivity contribution in [1.82, 2.24) is 5.32 Å². The summed E-state index contributed by atoms with van der Waals surface area (Å²) < 4.78 is 5.11. The molecule has 2 N–H and O–H groups in total. The van der Waals surface area contributed by atoms with Gasteiger partial charge in [-0.05, 0) is 18.6 Å². The van der Waals surface area contributed by atoms with Crippen LogP contribution in [0.4, 0.5) is 11.4 Å². The van der Waals surface area contributed by atoms with E-state index in [2.05, 4.69) is 10.6 Å². The van der Waals surface area contributed by atoms with Gasteiger partial charge in [0.05, 0.1) is 22.2 Å². The molecule has 2 aromatic rings. The fraction of sp³-hybridized carbons (Fsp3) is 0.278. The van der Waals surface area contributed by atoms with Gasteiger partial charge in [-0.2, -0.15) is 0 Å². The molecule has 1 amide bonds. The van der Waals surface area contributed by atoms with Gasteiger partial charge in [0.25, 0.3) is 5.69 Å². The molecule has 0 aromatic heterocycles. The molecule has 2 atom stereocenters. The third kappa shape index (κ3) is 5.26. The third-order valence-electron chi connectivity index (χ3n) is 3.68. The Bertz CT molecular complexity index is 770. The molecule has 0 radical (unpaired) electrons. The van der Waals surface area contributed by atoms with E-state index in [1.165, 1.54) is 18.2 Å². The van der Waals surface area contributed by atoms with Gasteiger partial charge in [0.2, 0.25) is 5.91 Å². The fourth-order valence-electron chi connectivity index (χ4n) is 2.48. The van der Waals surface area contributed by atoms with Crippen LogP contribution in [0.3, 0.4) is 0 Å². The number of hydrogen-bond donors (Lipinski definition) is 2. The number of amides is 1. The Labute approximate surface area is 156 Å². The molecular weight excluding hydrogens is 358 g/mol. The van der Waals surface area contributed by atoms with E-state index in [1.807, 2.05) is 37.3 Å². The van der Waals surface area contributed by atoms with Crippen LogP contribution in [0.1, 0.15) is 18.5 Å². The smallest absolute Gasteiger partial charge is 0.271 e. The molecule has 0 spiro atoms. The van der Waals surface area contributed by atoms with Crippen LogP contribution in [0.15, 0.2) is 48.5 Å². The lowest BCUT2D eigenvalue weighted by molar-refractivity contribution is -0.384. The molecule has 0 heterocycles. The monoisotopic (exact) mass is 377 g/mol. The van der Waals surface area contributed by atoms with Gasteiger partial charge in [0.15, 0.2) is 0 Å². The maximum absolute atomic E-state index is 12.8.